The molecule has 1 amide bonds. The molecule has 2 fully saturated rings. The Morgan fingerprint density at radius 3 is 2.83 bits per heavy atom. The quantitative estimate of drug-likeness (QED) is 0.640. The van der Waals surface area contributed by atoms with Crippen LogP contribution in [0.4, 0.5) is 0 Å². The molecule has 64 valence electrons. The van der Waals surface area contributed by atoms with Crippen molar-refractivity contribution in [1.29, 1.82) is 0 Å². The van der Waals surface area contributed by atoms with E-state index in [9.17, 15) is 9.59 Å². The average molecular weight is 183 g/mol. The molecule has 1 heterocycles. The third-order valence-electron chi connectivity index (χ3n) is 1.87. The van der Waals surface area contributed by atoms with Crippen LogP contribution < -0.4 is 5.32 Å². The highest BCUT2D eigenvalue weighted by atomic mass is 32.2. The first kappa shape index (κ1) is 7.86. The summed E-state index contributed by atoms with van der Waals surface area (Å²) in [7, 11) is 0. The smallest absolute Gasteiger partial charge is 0.235 e. The van der Waals surface area contributed by atoms with Crippen LogP contribution in [0.15, 0.2) is 11.1 Å². The van der Waals surface area contributed by atoms with E-state index in [0.29, 0.717) is 5.75 Å². The van der Waals surface area contributed by atoms with Gasteiger partial charge in [0, 0.05) is 12.0 Å². The van der Waals surface area contributed by atoms with Crippen LogP contribution in [0.5, 0.6) is 0 Å². The van der Waals surface area contributed by atoms with Crippen molar-refractivity contribution in [2.24, 2.45) is 5.92 Å². The lowest BCUT2D eigenvalue weighted by atomic mass is 10.2. The number of amides is 1. The summed E-state index contributed by atoms with van der Waals surface area (Å²) in [5, 5.41) is 3.35. The number of nitrogens with one attached hydrogen (secondary N) is 1. The summed E-state index contributed by atoms with van der Waals surface area (Å²) in [5.41, 5.74) is 0. The summed E-state index contributed by atoms with van der Waals surface area (Å²) in [5.74, 6) is 0.856. The zero-order chi connectivity index (χ0) is 8.55. The first-order valence-electron chi connectivity index (χ1n) is 3.94. The summed E-state index contributed by atoms with van der Waals surface area (Å²) in [6, 6.07) is 0. The molecule has 1 aliphatic carbocycles. The van der Waals surface area contributed by atoms with E-state index in [0.717, 1.165) is 17.9 Å². The molecule has 3 nitrogen and oxygen atoms in total. The molecule has 0 aromatic carbocycles. The zero-order valence-electron chi connectivity index (χ0n) is 6.50. The maximum Gasteiger partial charge on any atom is 0.235 e. The Morgan fingerprint density at radius 1 is 1.58 bits per heavy atom. The van der Waals surface area contributed by atoms with E-state index in [1.165, 1.54) is 11.8 Å². The number of carbonyl (C=O) groups excluding carboxylic acids is 2. The number of hydrogen-bond acceptors (Lipinski definition) is 3. The van der Waals surface area contributed by atoms with Crippen molar-refractivity contribution in [3.8, 4) is 0 Å². The molecule has 4 heteroatoms. The van der Waals surface area contributed by atoms with Crippen LogP contribution in [0, 0.1) is 5.92 Å². The molecule has 0 aromatic rings. The van der Waals surface area contributed by atoms with Crippen molar-refractivity contribution in [2.75, 3.05) is 5.75 Å². The summed E-state index contributed by atoms with van der Waals surface area (Å²) in [4.78, 5) is 22.0. The molecule has 0 aromatic heterocycles. The van der Waals surface area contributed by atoms with Crippen molar-refractivity contribution >= 4 is 23.5 Å². The maximum absolute atomic E-state index is 11.2. The zero-order valence-corrected chi connectivity index (χ0v) is 7.32. The van der Waals surface area contributed by atoms with Crippen LogP contribution in [0.25, 0.3) is 0 Å². The summed E-state index contributed by atoms with van der Waals surface area (Å²) in [6.45, 7) is 0. The molecule has 12 heavy (non-hydrogen) atoms. The topological polar surface area (TPSA) is 46.2 Å². The summed E-state index contributed by atoms with van der Waals surface area (Å²) >= 11 is 1.40. The van der Waals surface area contributed by atoms with Gasteiger partial charge in [-0.15, -0.1) is 0 Å². The summed E-state index contributed by atoms with van der Waals surface area (Å²) in [6.07, 6.45) is 3.59. The molecule has 0 radical (unpaired) electrons. The monoisotopic (exact) mass is 183 g/mol. The molecule has 1 saturated heterocycles. The molecule has 1 aliphatic heterocycles. The minimum atomic E-state index is -0.00477. The van der Waals surface area contributed by atoms with Crippen molar-refractivity contribution < 1.29 is 9.59 Å². The first-order valence-corrected chi connectivity index (χ1v) is 4.92. The second-order valence-corrected chi connectivity index (χ2v) is 4.04. The van der Waals surface area contributed by atoms with Gasteiger partial charge in [-0.3, -0.25) is 9.59 Å². The number of hydrogen-bond donors (Lipinski definition) is 1. The molecule has 1 saturated carbocycles. The third-order valence-corrected chi connectivity index (χ3v) is 2.81. The van der Waals surface area contributed by atoms with Gasteiger partial charge >= 0.3 is 0 Å². The predicted molar refractivity (Wildman–Crippen MR) is 46.4 cm³/mol. The van der Waals surface area contributed by atoms with Gasteiger partial charge in [-0.1, -0.05) is 11.8 Å². The molecule has 2 rings (SSSR count). The van der Waals surface area contributed by atoms with Gasteiger partial charge in [-0.25, -0.2) is 0 Å². The molecule has 1 N–H and O–H groups in total. The van der Waals surface area contributed by atoms with Crippen LogP contribution >= 0.6 is 11.8 Å². The molecule has 2 aliphatic rings. The van der Waals surface area contributed by atoms with E-state index in [4.69, 9.17) is 0 Å². The van der Waals surface area contributed by atoms with Crippen LogP contribution in [0.1, 0.15) is 12.8 Å². The maximum atomic E-state index is 11.2. The third kappa shape index (κ3) is 1.69. The van der Waals surface area contributed by atoms with E-state index in [2.05, 4.69) is 5.32 Å². The minimum absolute atomic E-state index is 0.00477. The number of ketones is 1. The number of thioether (sulfide) groups is 1. The highest BCUT2D eigenvalue weighted by Crippen LogP contribution is 2.31. The van der Waals surface area contributed by atoms with Gasteiger partial charge in [-0.05, 0) is 12.8 Å². The fraction of sp³-hybridized carbons (Fsp3) is 0.500. The van der Waals surface area contributed by atoms with E-state index >= 15 is 0 Å². The SMILES string of the molecule is O=C1CS/C(=C/C(=O)C2CC2)N1. The molecule has 0 atom stereocenters. The molecular formula is C8H9NO2S. The van der Waals surface area contributed by atoms with E-state index < -0.39 is 0 Å². The number of allylic oxidation sites excluding steroid dienone is 1. The van der Waals surface area contributed by atoms with Crippen molar-refractivity contribution in [2.45, 2.75) is 12.8 Å². The van der Waals surface area contributed by atoms with E-state index in [1.54, 1.807) is 6.08 Å². The number of rotatable bonds is 2. The Balaban J connectivity index is 1.98. The fourth-order valence-corrected chi connectivity index (χ4v) is 1.79. The highest BCUT2D eigenvalue weighted by molar-refractivity contribution is 8.04. The Hall–Kier alpha value is -0.770. The number of carbonyl (C=O) groups is 2. The van der Waals surface area contributed by atoms with Crippen molar-refractivity contribution in [3.05, 3.63) is 11.1 Å². The second-order valence-electron chi connectivity index (χ2n) is 3.02. The van der Waals surface area contributed by atoms with Crippen LogP contribution in [-0.2, 0) is 9.59 Å². The molecular weight excluding hydrogens is 174 g/mol. The normalized spacial score (nSPS) is 26.0. The van der Waals surface area contributed by atoms with Crippen molar-refractivity contribution in [3.63, 3.8) is 0 Å². The van der Waals surface area contributed by atoms with Gasteiger partial charge in [0.15, 0.2) is 5.78 Å². The average Bonchev–Trinajstić information content (AvgIpc) is 2.78. The van der Waals surface area contributed by atoms with Gasteiger partial charge in [-0.2, -0.15) is 0 Å². The Labute approximate surface area is 74.6 Å². The lowest BCUT2D eigenvalue weighted by Crippen LogP contribution is -2.14. The molecule has 0 spiro atoms. The molecule has 0 bridgehead atoms. The van der Waals surface area contributed by atoms with Gasteiger partial charge in [0.2, 0.25) is 5.91 Å². The standard InChI is InChI=1S/C8H9NO2S/c10-6(5-1-2-5)3-8-9-7(11)4-12-8/h3,5H,1-2,4H2,(H,9,11)/b8-3+. The van der Waals surface area contributed by atoms with Crippen molar-refractivity contribution in [1.82, 2.24) is 5.32 Å². The lowest BCUT2D eigenvalue weighted by Gasteiger charge is -1.93. The van der Waals surface area contributed by atoms with E-state index in [-0.39, 0.29) is 17.6 Å². The molecule has 0 unspecified atom stereocenters. The van der Waals surface area contributed by atoms with Crippen LogP contribution in [-0.4, -0.2) is 17.4 Å². The Morgan fingerprint density at radius 2 is 2.33 bits per heavy atom. The predicted octanol–water partition coefficient (Wildman–Crippen LogP) is 0.670. The Kier molecular flexibility index (Phi) is 1.92. The fourth-order valence-electron chi connectivity index (χ4n) is 1.05. The van der Waals surface area contributed by atoms with Gasteiger partial charge in [0.1, 0.15) is 0 Å². The van der Waals surface area contributed by atoms with Crippen LogP contribution in [0.3, 0.4) is 0 Å². The van der Waals surface area contributed by atoms with Gasteiger partial charge < -0.3 is 5.32 Å². The Bertz CT molecular complexity index is 268. The minimum Gasteiger partial charge on any atom is -0.320 e. The second kappa shape index (κ2) is 2.94. The van der Waals surface area contributed by atoms with Crippen LogP contribution in [0.2, 0.25) is 0 Å². The van der Waals surface area contributed by atoms with Gasteiger partial charge in [0.05, 0.1) is 10.8 Å². The largest absolute Gasteiger partial charge is 0.320 e. The first-order chi connectivity index (χ1) is 5.75. The van der Waals surface area contributed by atoms with E-state index in [1.807, 2.05) is 0 Å². The lowest BCUT2D eigenvalue weighted by molar-refractivity contribution is -0.117. The van der Waals surface area contributed by atoms with Gasteiger partial charge in [0.25, 0.3) is 0 Å². The summed E-state index contributed by atoms with van der Waals surface area (Å²) < 4.78 is 0. The highest BCUT2D eigenvalue weighted by Gasteiger charge is 2.29.